The molecule has 0 N–H and O–H groups in total. The fraction of sp³-hybridized carbons (Fsp3) is 0.143. The molecule has 2 rings (SSSR count). The zero-order chi connectivity index (χ0) is 11.4. The average Bonchev–Trinajstić information content (AvgIpc) is 2.83. The Hall–Kier alpha value is -2.05. The number of benzene rings is 1. The molecule has 0 aromatic heterocycles. The summed E-state index contributed by atoms with van der Waals surface area (Å²) in [5.74, 6) is -0.277. The van der Waals surface area contributed by atoms with E-state index in [1.807, 2.05) is 30.4 Å². The van der Waals surface area contributed by atoms with Crippen LogP contribution in [0.15, 0.2) is 48.2 Å². The van der Waals surface area contributed by atoms with Gasteiger partial charge in [-0.1, -0.05) is 18.2 Å². The third-order valence-corrected chi connectivity index (χ3v) is 2.30. The molecular formula is C14H12O2. The van der Waals surface area contributed by atoms with Gasteiger partial charge < -0.3 is 4.74 Å². The number of carbonyl (C=O) groups excluding carboxylic acids is 1. The minimum absolute atomic E-state index is 0.277. The van der Waals surface area contributed by atoms with Crippen LogP contribution in [0.3, 0.4) is 0 Å². The lowest BCUT2D eigenvalue weighted by Crippen LogP contribution is -2.04. The molecule has 0 spiro atoms. The van der Waals surface area contributed by atoms with Gasteiger partial charge in [-0.15, -0.1) is 5.73 Å². The smallest absolute Gasteiger partial charge is 0.338 e. The summed E-state index contributed by atoms with van der Waals surface area (Å²) in [6, 6.07) is 7.35. The molecule has 0 aliphatic heterocycles. The molecule has 0 unspecified atom stereocenters. The van der Waals surface area contributed by atoms with Gasteiger partial charge in [0.05, 0.1) is 12.2 Å². The highest BCUT2D eigenvalue weighted by atomic mass is 16.5. The van der Waals surface area contributed by atoms with E-state index in [0.29, 0.717) is 12.2 Å². The van der Waals surface area contributed by atoms with Gasteiger partial charge in [-0.2, -0.15) is 0 Å². The molecule has 0 bridgehead atoms. The van der Waals surface area contributed by atoms with Crippen molar-refractivity contribution in [2.24, 2.45) is 0 Å². The van der Waals surface area contributed by atoms with Crippen molar-refractivity contribution in [2.45, 2.75) is 6.92 Å². The lowest BCUT2D eigenvalue weighted by molar-refractivity contribution is 0.0526. The first kappa shape index (κ1) is 10.5. The van der Waals surface area contributed by atoms with Crippen LogP contribution < -0.4 is 0 Å². The van der Waals surface area contributed by atoms with Gasteiger partial charge in [0, 0.05) is 5.57 Å². The van der Waals surface area contributed by atoms with Crippen LogP contribution in [0.4, 0.5) is 0 Å². The van der Waals surface area contributed by atoms with Crippen molar-refractivity contribution in [3.63, 3.8) is 0 Å². The fourth-order valence-corrected chi connectivity index (χ4v) is 1.51. The maximum atomic E-state index is 11.4. The second kappa shape index (κ2) is 4.65. The Bertz CT molecular complexity index is 486. The van der Waals surface area contributed by atoms with E-state index in [-0.39, 0.29) is 5.97 Å². The van der Waals surface area contributed by atoms with Crippen molar-refractivity contribution >= 4 is 11.5 Å². The van der Waals surface area contributed by atoms with E-state index < -0.39 is 0 Å². The zero-order valence-electron chi connectivity index (χ0n) is 9.07. The van der Waals surface area contributed by atoms with Crippen LogP contribution in [-0.2, 0) is 4.74 Å². The molecule has 1 aliphatic rings. The predicted octanol–water partition coefficient (Wildman–Crippen LogP) is 2.97. The number of carbonyl (C=O) groups is 1. The summed E-state index contributed by atoms with van der Waals surface area (Å²) >= 11 is 0. The van der Waals surface area contributed by atoms with E-state index in [1.165, 1.54) is 0 Å². The number of allylic oxidation sites excluding steroid dienone is 3. The van der Waals surface area contributed by atoms with Gasteiger partial charge in [-0.05, 0) is 36.8 Å². The van der Waals surface area contributed by atoms with Crippen LogP contribution in [-0.4, -0.2) is 12.6 Å². The van der Waals surface area contributed by atoms with E-state index in [2.05, 4.69) is 5.73 Å². The summed E-state index contributed by atoms with van der Waals surface area (Å²) in [7, 11) is 0. The lowest BCUT2D eigenvalue weighted by Gasteiger charge is -2.03. The first-order chi connectivity index (χ1) is 7.81. The quantitative estimate of drug-likeness (QED) is 0.568. The summed E-state index contributed by atoms with van der Waals surface area (Å²) in [4.78, 5) is 11.4. The minimum Gasteiger partial charge on any atom is -0.462 e. The fourth-order valence-electron chi connectivity index (χ4n) is 1.51. The third-order valence-electron chi connectivity index (χ3n) is 2.30. The molecule has 1 aromatic carbocycles. The van der Waals surface area contributed by atoms with Crippen molar-refractivity contribution in [3.8, 4) is 0 Å². The van der Waals surface area contributed by atoms with Crippen LogP contribution >= 0.6 is 0 Å². The monoisotopic (exact) mass is 212 g/mol. The second-order valence-corrected chi connectivity index (χ2v) is 3.38. The Morgan fingerprint density at radius 2 is 2.06 bits per heavy atom. The first-order valence-corrected chi connectivity index (χ1v) is 5.22. The predicted molar refractivity (Wildman–Crippen MR) is 63.0 cm³/mol. The molecule has 0 saturated carbocycles. The molecule has 80 valence electrons. The SMILES string of the molecule is CCOC(=O)c1ccc(C2=C=CC=C2)cc1. The van der Waals surface area contributed by atoms with Crippen LogP contribution in [0.5, 0.6) is 0 Å². The van der Waals surface area contributed by atoms with E-state index in [9.17, 15) is 4.79 Å². The van der Waals surface area contributed by atoms with E-state index in [4.69, 9.17) is 4.74 Å². The molecule has 0 amide bonds. The first-order valence-electron chi connectivity index (χ1n) is 5.22. The second-order valence-electron chi connectivity index (χ2n) is 3.38. The standard InChI is InChI=1S/C14H12O2/c1-2-16-14(15)13-9-7-12(8-10-13)11-5-3-4-6-11/h3-5,7-10H,2H2,1H3. The summed E-state index contributed by atoms with van der Waals surface area (Å²) in [6.45, 7) is 2.20. The molecule has 1 aliphatic carbocycles. The highest BCUT2D eigenvalue weighted by molar-refractivity contribution is 5.90. The minimum atomic E-state index is -0.277. The molecule has 0 atom stereocenters. The Morgan fingerprint density at radius 3 is 2.62 bits per heavy atom. The highest BCUT2D eigenvalue weighted by Crippen LogP contribution is 2.18. The maximum Gasteiger partial charge on any atom is 0.338 e. The number of esters is 1. The van der Waals surface area contributed by atoms with Gasteiger partial charge in [-0.25, -0.2) is 4.79 Å². The Morgan fingerprint density at radius 1 is 1.31 bits per heavy atom. The van der Waals surface area contributed by atoms with Crippen molar-refractivity contribution in [2.75, 3.05) is 6.61 Å². The van der Waals surface area contributed by atoms with Gasteiger partial charge in [0.25, 0.3) is 0 Å². The summed E-state index contributed by atoms with van der Waals surface area (Å²) in [5.41, 5.74) is 5.78. The van der Waals surface area contributed by atoms with Gasteiger partial charge in [0.2, 0.25) is 0 Å². The van der Waals surface area contributed by atoms with Gasteiger partial charge in [0.1, 0.15) is 0 Å². The number of rotatable bonds is 3. The topological polar surface area (TPSA) is 26.3 Å². The molecule has 0 saturated heterocycles. The van der Waals surface area contributed by atoms with Crippen LogP contribution in [0, 0.1) is 0 Å². The third kappa shape index (κ3) is 2.13. The average molecular weight is 212 g/mol. The number of hydrogen-bond donors (Lipinski definition) is 0. The molecule has 2 nitrogen and oxygen atoms in total. The van der Waals surface area contributed by atoms with Crippen molar-refractivity contribution in [3.05, 3.63) is 59.4 Å². The van der Waals surface area contributed by atoms with E-state index >= 15 is 0 Å². The molecule has 0 radical (unpaired) electrons. The molecular weight excluding hydrogens is 200 g/mol. The van der Waals surface area contributed by atoms with Crippen LogP contribution in [0.1, 0.15) is 22.8 Å². The Balaban J connectivity index is 2.20. The van der Waals surface area contributed by atoms with Crippen LogP contribution in [0.25, 0.3) is 5.57 Å². The molecule has 1 aromatic rings. The lowest BCUT2D eigenvalue weighted by atomic mass is 10.1. The maximum absolute atomic E-state index is 11.4. The Labute approximate surface area is 94.6 Å². The molecule has 0 fully saturated rings. The normalized spacial score (nSPS) is 12.7. The van der Waals surface area contributed by atoms with Gasteiger partial charge in [0.15, 0.2) is 0 Å². The van der Waals surface area contributed by atoms with Gasteiger partial charge >= 0.3 is 5.97 Å². The van der Waals surface area contributed by atoms with Crippen molar-refractivity contribution < 1.29 is 9.53 Å². The summed E-state index contributed by atoms with van der Waals surface area (Å²) in [6.07, 6.45) is 5.79. The van der Waals surface area contributed by atoms with E-state index in [0.717, 1.165) is 11.1 Å². The summed E-state index contributed by atoms with van der Waals surface area (Å²) < 4.78 is 4.91. The zero-order valence-corrected chi connectivity index (χ0v) is 9.07. The number of ether oxygens (including phenoxy) is 1. The van der Waals surface area contributed by atoms with Gasteiger partial charge in [-0.3, -0.25) is 0 Å². The largest absolute Gasteiger partial charge is 0.462 e. The summed E-state index contributed by atoms with van der Waals surface area (Å²) in [5, 5.41) is 0. The van der Waals surface area contributed by atoms with Crippen molar-refractivity contribution in [1.82, 2.24) is 0 Å². The Kier molecular flexibility index (Phi) is 3.04. The molecule has 2 heteroatoms. The number of hydrogen-bond acceptors (Lipinski definition) is 2. The van der Waals surface area contributed by atoms with E-state index in [1.54, 1.807) is 19.1 Å². The van der Waals surface area contributed by atoms with Crippen molar-refractivity contribution in [1.29, 1.82) is 0 Å². The van der Waals surface area contributed by atoms with Crippen LogP contribution in [0.2, 0.25) is 0 Å². The highest BCUT2D eigenvalue weighted by Gasteiger charge is 2.06. The molecule has 16 heavy (non-hydrogen) atoms. The molecule has 0 heterocycles.